The molecule has 1 heterocycles. The second-order valence-corrected chi connectivity index (χ2v) is 5.11. The van der Waals surface area contributed by atoms with Crippen LogP contribution in [-0.2, 0) is 6.54 Å². The first-order valence-corrected chi connectivity index (χ1v) is 6.62. The first-order chi connectivity index (χ1) is 10.0. The molecule has 0 unspecified atom stereocenters. The molecule has 3 rings (SSSR count). The zero-order valence-electron chi connectivity index (χ0n) is 11.5. The number of hydrogen-bond acceptors (Lipinski definition) is 1. The van der Waals surface area contributed by atoms with Crippen molar-refractivity contribution in [3.8, 4) is 0 Å². The van der Waals surface area contributed by atoms with E-state index in [-0.39, 0.29) is 11.5 Å². The van der Waals surface area contributed by atoms with Crippen molar-refractivity contribution in [3.05, 3.63) is 71.2 Å². The fourth-order valence-corrected chi connectivity index (χ4v) is 2.51. The molecule has 3 aromatic rings. The van der Waals surface area contributed by atoms with Gasteiger partial charge >= 0.3 is 5.97 Å². The third kappa shape index (κ3) is 2.52. The Labute approximate surface area is 121 Å². The quantitative estimate of drug-likeness (QED) is 0.793. The lowest BCUT2D eigenvalue weighted by Gasteiger charge is -2.09. The van der Waals surface area contributed by atoms with E-state index in [4.69, 9.17) is 0 Å². The molecule has 0 saturated carbocycles. The summed E-state index contributed by atoms with van der Waals surface area (Å²) < 4.78 is 14.7. The first-order valence-electron chi connectivity index (χ1n) is 6.62. The fourth-order valence-electron chi connectivity index (χ4n) is 2.51. The number of aryl methyl sites for hydroxylation is 1. The van der Waals surface area contributed by atoms with Crippen LogP contribution in [0.5, 0.6) is 0 Å². The van der Waals surface area contributed by atoms with Gasteiger partial charge in [-0.1, -0.05) is 23.8 Å². The zero-order valence-corrected chi connectivity index (χ0v) is 11.5. The number of rotatable bonds is 3. The van der Waals surface area contributed by atoms with Gasteiger partial charge in [0.2, 0.25) is 0 Å². The van der Waals surface area contributed by atoms with Gasteiger partial charge in [-0.3, -0.25) is 0 Å². The Hall–Kier alpha value is -2.62. The van der Waals surface area contributed by atoms with Crippen LogP contribution in [0.15, 0.2) is 48.5 Å². The van der Waals surface area contributed by atoms with Gasteiger partial charge in [0.05, 0.1) is 0 Å². The van der Waals surface area contributed by atoms with E-state index in [1.807, 2.05) is 25.1 Å². The molecule has 21 heavy (non-hydrogen) atoms. The average molecular weight is 283 g/mol. The topological polar surface area (TPSA) is 42.2 Å². The molecule has 0 atom stereocenters. The summed E-state index contributed by atoms with van der Waals surface area (Å²) in [7, 11) is 0. The highest BCUT2D eigenvalue weighted by atomic mass is 19.1. The van der Waals surface area contributed by atoms with Crippen molar-refractivity contribution >= 4 is 16.9 Å². The molecule has 106 valence electrons. The zero-order chi connectivity index (χ0) is 15.0. The van der Waals surface area contributed by atoms with Crippen molar-refractivity contribution in [2.24, 2.45) is 0 Å². The molecule has 0 aliphatic heterocycles. The van der Waals surface area contributed by atoms with Crippen molar-refractivity contribution in [1.82, 2.24) is 4.57 Å². The summed E-state index contributed by atoms with van der Waals surface area (Å²) in [5.41, 5.74) is 3.04. The van der Waals surface area contributed by atoms with E-state index in [0.717, 1.165) is 22.0 Å². The maximum absolute atomic E-state index is 13.0. The SMILES string of the molecule is Cc1ccc2c(c1)cc(C(=O)O)n2Cc1ccc(F)cc1. The molecule has 0 aliphatic carbocycles. The van der Waals surface area contributed by atoms with E-state index in [9.17, 15) is 14.3 Å². The Morgan fingerprint density at radius 2 is 1.86 bits per heavy atom. The molecule has 0 fully saturated rings. The number of aromatic carboxylic acids is 1. The van der Waals surface area contributed by atoms with Gasteiger partial charge in [0.1, 0.15) is 11.5 Å². The van der Waals surface area contributed by atoms with Crippen LogP contribution in [0.25, 0.3) is 10.9 Å². The molecule has 3 nitrogen and oxygen atoms in total. The van der Waals surface area contributed by atoms with Gasteiger partial charge in [-0.2, -0.15) is 0 Å². The Morgan fingerprint density at radius 1 is 1.14 bits per heavy atom. The van der Waals surface area contributed by atoms with Gasteiger partial charge in [0, 0.05) is 17.4 Å². The number of aromatic nitrogens is 1. The number of fused-ring (bicyclic) bond motifs is 1. The standard InChI is InChI=1S/C17H14FNO2/c1-11-2-7-15-13(8-11)9-16(17(20)21)19(15)10-12-3-5-14(18)6-4-12/h2-9H,10H2,1H3,(H,20,21). The molecule has 2 aromatic carbocycles. The number of hydrogen-bond donors (Lipinski definition) is 1. The maximum Gasteiger partial charge on any atom is 0.352 e. The largest absolute Gasteiger partial charge is 0.477 e. The van der Waals surface area contributed by atoms with Gasteiger partial charge < -0.3 is 9.67 Å². The number of nitrogens with zero attached hydrogens (tertiary/aromatic N) is 1. The summed E-state index contributed by atoms with van der Waals surface area (Å²) in [4.78, 5) is 11.4. The average Bonchev–Trinajstić information content (AvgIpc) is 2.79. The first kappa shape index (κ1) is 13.4. The van der Waals surface area contributed by atoms with Gasteiger partial charge in [0.25, 0.3) is 0 Å². The third-order valence-electron chi connectivity index (χ3n) is 3.53. The van der Waals surface area contributed by atoms with E-state index in [2.05, 4.69) is 0 Å². The number of benzene rings is 2. The summed E-state index contributed by atoms with van der Waals surface area (Å²) in [5.74, 6) is -1.27. The van der Waals surface area contributed by atoms with Gasteiger partial charge in [-0.05, 0) is 42.8 Å². The normalized spacial score (nSPS) is 11.0. The lowest BCUT2D eigenvalue weighted by Crippen LogP contribution is -2.09. The molecule has 1 N–H and O–H groups in total. The van der Waals surface area contributed by atoms with Crippen LogP contribution < -0.4 is 0 Å². The summed E-state index contributed by atoms with van der Waals surface area (Å²) >= 11 is 0. The van der Waals surface area contributed by atoms with Crippen molar-refractivity contribution in [1.29, 1.82) is 0 Å². The number of carbonyl (C=O) groups is 1. The predicted molar refractivity (Wildman–Crippen MR) is 79.1 cm³/mol. The summed E-state index contributed by atoms with van der Waals surface area (Å²) in [5, 5.41) is 10.3. The highest BCUT2D eigenvalue weighted by Gasteiger charge is 2.14. The Balaban J connectivity index is 2.13. The van der Waals surface area contributed by atoms with E-state index < -0.39 is 5.97 Å². The van der Waals surface area contributed by atoms with Crippen LogP contribution in [0.1, 0.15) is 21.6 Å². The Bertz CT molecular complexity index is 819. The van der Waals surface area contributed by atoms with Crippen molar-refractivity contribution in [2.75, 3.05) is 0 Å². The monoisotopic (exact) mass is 283 g/mol. The van der Waals surface area contributed by atoms with E-state index in [1.165, 1.54) is 12.1 Å². The minimum Gasteiger partial charge on any atom is -0.477 e. The van der Waals surface area contributed by atoms with Crippen LogP contribution in [0.2, 0.25) is 0 Å². The van der Waals surface area contributed by atoms with Crippen molar-refractivity contribution in [3.63, 3.8) is 0 Å². The highest BCUT2D eigenvalue weighted by Crippen LogP contribution is 2.23. The molecule has 1 aromatic heterocycles. The lowest BCUT2D eigenvalue weighted by atomic mass is 10.2. The summed E-state index contributed by atoms with van der Waals surface area (Å²) in [6.45, 7) is 2.37. The molecule has 0 amide bonds. The molecule has 0 spiro atoms. The van der Waals surface area contributed by atoms with Gasteiger partial charge in [-0.25, -0.2) is 9.18 Å². The highest BCUT2D eigenvalue weighted by molar-refractivity contribution is 5.94. The second kappa shape index (κ2) is 5.05. The molecule has 0 saturated heterocycles. The van der Waals surface area contributed by atoms with E-state index >= 15 is 0 Å². The predicted octanol–water partition coefficient (Wildman–Crippen LogP) is 3.84. The summed E-state index contributed by atoms with van der Waals surface area (Å²) in [6.07, 6.45) is 0. The Kier molecular flexibility index (Phi) is 3.22. The van der Waals surface area contributed by atoms with Crippen molar-refractivity contribution < 1.29 is 14.3 Å². The van der Waals surface area contributed by atoms with Crippen molar-refractivity contribution in [2.45, 2.75) is 13.5 Å². The molecule has 0 radical (unpaired) electrons. The number of carboxylic acid groups (broad SMARTS) is 1. The van der Waals surface area contributed by atoms with Crippen LogP contribution in [0.3, 0.4) is 0 Å². The van der Waals surface area contributed by atoms with Crippen LogP contribution >= 0.6 is 0 Å². The van der Waals surface area contributed by atoms with Gasteiger partial charge in [-0.15, -0.1) is 0 Å². The van der Waals surface area contributed by atoms with E-state index in [0.29, 0.717) is 6.54 Å². The smallest absolute Gasteiger partial charge is 0.352 e. The van der Waals surface area contributed by atoms with Gasteiger partial charge in [0.15, 0.2) is 0 Å². The third-order valence-corrected chi connectivity index (χ3v) is 3.53. The van der Waals surface area contributed by atoms with E-state index in [1.54, 1.807) is 22.8 Å². The van der Waals surface area contributed by atoms with Crippen LogP contribution in [0, 0.1) is 12.7 Å². The molecular formula is C17H14FNO2. The Morgan fingerprint density at radius 3 is 2.52 bits per heavy atom. The summed E-state index contributed by atoms with van der Waals surface area (Å²) in [6, 6.07) is 13.6. The lowest BCUT2D eigenvalue weighted by molar-refractivity contribution is 0.0686. The molecule has 0 aliphatic rings. The fraction of sp³-hybridized carbons (Fsp3) is 0.118. The van der Waals surface area contributed by atoms with Crippen LogP contribution in [0.4, 0.5) is 4.39 Å². The molecular weight excluding hydrogens is 269 g/mol. The minimum absolute atomic E-state index is 0.236. The number of halogens is 1. The molecule has 0 bridgehead atoms. The molecule has 4 heteroatoms. The minimum atomic E-state index is -0.967. The second-order valence-electron chi connectivity index (χ2n) is 5.11. The van der Waals surface area contributed by atoms with Crippen LogP contribution in [-0.4, -0.2) is 15.6 Å². The number of carboxylic acids is 1. The maximum atomic E-state index is 13.0.